The van der Waals surface area contributed by atoms with Gasteiger partial charge < -0.3 is 10.0 Å². The Morgan fingerprint density at radius 3 is 2.64 bits per heavy atom. The molecule has 5 rings (SSSR count). The van der Waals surface area contributed by atoms with Crippen LogP contribution < -0.4 is 4.90 Å². The van der Waals surface area contributed by atoms with E-state index in [1.165, 1.54) is 40.8 Å². The summed E-state index contributed by atoms with van der Waals surface area (Å²) < 4.78 is 13.1. The van der Waals surface area contributed by atoms with Gasteiger partial charge in [0.1, 0.15) is 28.4 Å². The van der Waals surface area contributed by atoms with Crippen LogP contribution in [0.15, 0.2) is 30.6 Å². The van der Waals surface area contributed by atoms with Crippen molar-refractivity contribution in [3.63, 3.8) is 0 Å². The number of thiophene rings is 1. The SMILES string of the molecule is OC1(c2ccc(F)cc2)CN(c2ncnc3sc4c(c23)CCCC4)C1. The van der Waals surface area contributed by atoms with E-state index in [4.69, 9.17) is 0 Å². The van der Waals surface area contributed by atoms with Crippen LogP contribution in [0, 0.1) is 5.82 Å². The van der Waals surface area contributed by atoms with Crippen molar-refractivity contribution in [2.75, 3.05) is 18.0 Å². The molecule has 1 saturated heterocycles. The van der Waals surface area contributed by atoms with E-state index in [2.05, 4.69) is 14.9 Å². The summed E-state index contributed by atoms with van der Waals surface area (Å²) in [5, 5.41) is 12.0. The molecule has 1 N–H and O–H groups in total. The maximum Gasteiger partial charge on any atom is 0.141 e. The first kappa shape index (κ1) is 15.2. The fraction of sp³-hybridized carbons (Fsp3) is 0.368. The smallest absolute Gasteiger partial charge is 0.141 e. The van der Waals surface area contributed by atoms with Crippen molar-refractivity contribution >= 4 is 27.4 Å². The van der Waals surface area contributed by atoms with Crippen molar-refractivity contribution in [1.29, 1.82) is 0 Å². The number of β-amino-alcohol motifs (C(OH)–C–C–N with tert-alkyl or cyclic N) is 1. The summed E-state index contributed by atoms with van der Waals surface area (Å²) in [5.74, 6) is 0.641. The van der Waals surface area contributed by atoms with Crippen LogP contribution >= 0.6 is 11.3 Å². The largest absolute Gasteiger partial charge is 0.381 e. The summed E-state index contributed by atoms with van der Waals surface area (Å²) in [6.07, 6.45) is 6.30. The van der Waals surface area contributed by atoms with Crippen LogP contribution in [-0.4, -0.2) is 28.2 Å². The van der Waals surface area contributed by atoms with Gasteiger partial charge in [0.05, 0.1) is 18.5 Å². The van der Waals surface area contributed by atoms with Gasteiger partial charge in [0, 0.05) is 4.88 Å². The van der Waals surface area contributed by atoms with E-state index in [0.29, 0.717) is 13.1 Å². The zero-order valence-electron chi connectivity index (χ0n) is 13.7. The average molecular weight is 355 g/mol. The summed E-state index contributed by atoms with van der Waals surface area (Å²) in [5.41, 5.74) is 1.21. The molecule has 0 spiro atoms. The minimum absolute atomic E-state index is 0.286. The number of hydrogen-bond donors (Lipinski definition) is 1. The maximum atomic E-state index is 13.1. The van der Waals surface area contributed by atoms with Crippen LogP contribution in [0.4, 0.5) is 10.2 Å². The molecule has 0 saturated carbocycles. The van der Waals surface area contributed by atoms with E-state index in [1.807, 2.05) is 0 Å². The Bertz CT molecular complexity index is 947. The van der Waals surface area contributed by atoms with Crippen LogP contribution in [0.3, 0.4) is 0 Å². The molecule has 2 aliphatic rings. The Labute approximate surface area is 149 Å². The van der Waals surface area contributed by atoms with Crippen molar-refractivity contribution in [2.24, 2.45) is 0 Å². The fourth-order valence-corrected chi connectivity index (χ4v) is 5.21. The lowest BCUT2D eigenvalue weighted by Gasteiger charge is -2.47. The number of aromatic nitrogens is 2. The average Bonchev–Trinajstić information content (AvgIpc) is 2.98. The van der Waals surface area contributed by atoms with Crippen molar-refractivity contribution in [3.8, 4) is 0 Å². The lowest BCUT2D eigenvalue weighted by molar-refractivity contribution is 0.00718. The van der Waals surface area contributed by atoms with E-state index in [0.717, 1.165) is 29.1 Å². The van der Waals surface area contributed by atoms with Gasteiger partial charge in [-0.25, -0.2) is 14.4 Å². The number of fused-ring (bicyclic) bond motifs is 3. The van der Waals surface area contributed by atoms with Gasteiger partial charge in [-0.05, 0) is 48.9 Å². The molecule has 128 valence electrons. The molecule has 2 aromatic heterocycles. The highest BCUT2D eigenvalue weighted by Gasteiger charge is 2.44. The first-order valence-electron chi connectivity index (χ1n) is 8.63. The Morgan fingerprint density at radius 1 is 1.08 bits per heavy atom. The molecular formula is C19H18FN3OS. The first-order valence-corrected chi connectivity index (χ1v) is 9.44. The number of rotatable bonds is 2. The quantitative estimate of drug-likeness (QED) is 0.765. The van der Waals surface area contributed by atoms with E-state index in [-0.39, 0.29) is 5.82 Å². The zero-order valence-corrected chi connectivity index (χ0v) is 14.5. The van der Waals surface area contributed by atoms with Gasteiger partial charge in [0.2, 0.25) is 0 Å². The van der Waals surface area contributed by atoms with E-state index in [1.54, 1.807) is 29.8 Å². The Kier molecular flexibility index (Phi) is 3.33. The van der Waals surface area contributed by atoms with Gasteiger partial charge >= 0.3 is 0 Å². The molecule has 0 bridgehead atoms. The zero-order chi connectivity index (χ0) is 17.0. The first-order chi connectivity index (χ1) is 12.1. The maximum absolute atomic E-state index is 13.1. The van der Waals surface area contributed by atoms with Crippen LogP contribution in [0.2, 0.25) is 0 Å². The van der Waals surface area contributed by atoms with Crippen molar-refractivity contribution in [2.45, 2.75) is 31.3 Å². The predicted octanol–water partition coefficient (Wildman–Crippen LogP) is 3.42. The van der Waals surface area contributed by atoms with Gasteiger partial charge in [-0.1, -0.05) is 12.1 Å². The summed E-state index contributed by atoms with van der Waals surface area (Å²) >= 11 is 1.78. The van der Waals surface area contributed by atoms with Crippen LogP contribution in [-0.2, 0) is 18.4 Å². The Balaban J connectivity index is 1.49. The molecule has 25 heavy (non-hydrogen) atoms. The molecule has 1 fully saturated rings. The van der Waals surface area contributed by atoms with Crippen LogP contribution in [0.5, 0.6) is 0 Å². The van der Waals surface area contributed by atoms with Gasteiger partial charge in [0.15, 0.2) is 0 Å². The summed E-state index contributed by atoms with van der Waals surface area (Å²) in [7, 11) is 0. The Hall–Kier alpha value is -2.05. The minimum atomic E-state index is -0.943. The topological polar surface area (TPSA) is 49.2 Å². The molecular weight excluding hydrogens is 337 g/mol. The molecule has 1 aliphatic heterocycles. The number of benzene rings is 1. The monoisotopic (exact) mass is 355 g/mol. The second-order valence-corrected chi connectivity index (χ2v) is 8.07. The molecule has 1 aliphatic carbocycles. The second kappa shape index (κ2) is 5.47. The highest BCUT2D eigenvalue weighted by atomic mass is 32.1. The molecule has 1 aromatic carbocycles. The highest BCUT2D eigenvalue weighted by molar-refractivity contribution is 7.19. The summed E-state index contributed by atoms with van der Waals surface area (Å²) in [6.45, 7) is 0.935. The number of anilines is 1. The highest BCUT2D eigenvalue weighted by Crippen LogP contribution is 2.42. The fourth-order valence-electron chi connectivity index (χ4n) is 3.99. The number of hydrogen-bond acceptors (Lipinski definition) is 5. The number of nitrogens with zero attached hydrogens (tertiary/aromatic N) is 3. The summed E-state index contributed by atoms with van der Waals surface area (Å²) in [6, 6.07) is 6.12. The molecule has 0 radical (unpaired) electrons. The molecule has 0 amide bonds. The molecule has 4 nitrogen and oxygen atoms in total. The standard InChI is InChI=1S/C19H18FN3OS/c20-13-7-5-12(6-8-13)19(24)9-23(10-19)17-16-14-3-1-2-4-15(14)25-18(16)22-11-21-17/h5-8,11,24H,1-4,9-10H2. The summed E-state index contributed by atoms with van der Waals surface area (Å²) in [4.78, 5) is 13.6. The predicted molar refractivity (Wildman–Crippen MR) is 96.6 cm³/mol. The van der Waals surface area contributed by atoms with Crippen molar-refractivity contribution in [1.82, 2.24) is 9.97 Å². The molecule has 0 atom stereocenters. The number of aliphatic hydroxyl groups is 1. The molecule has 0 unspecified atom stereocenters. The lowest BCUT2D eigenvalue weighted by atomic mass is 9.85. The van der Waals surface area contributed by atoms with Crippen molar-refractivity contribution < 1.29 is 9.50 Å². The number of aryl methyl sites for hydroxylation is 2. The van der Waals surface area contributed by atoms with E-state index < -0.39 is 5.60 Å². The van der Waals surface area contributed by atoms with Gasteiger partial charge in [-0.2, -0.15) is 0 Å². The van der Waals surface area contributed by atoms with E-state index >= 15 is 0 Å². The van der Waals surface area contributed by atoms with Crippen molar-refractivity contribution in [3.05, 3.63) is 52.4 Å². The molecule has 3 heterocycles. The third kappa shape index (κ3) is 2.35. The third-order valence-corrected chi connectivity index (χ3v) is 6.52. The van der Waals surface area contributed by atoms with Gasteiger partial charge in [0.25, 0.3) is 0 Å². The van der Waals surface area contributed by atoms with Gasteiger partial charge in [-0.15, -0.1) is 11.3 Å². The van der Waals surface area contributed by atoms with Crippen LogP contribution in [0.25, 0.3) is 10.2 Å². The lowest BCUT2D eigenvalue weighted by Crippen LogP contribution is -2.60. The number of halogens is 1. The third-order valence-electron chi connectivity index (χ3n) is 5.32. The Morgan fingerprint density at radius 2 is 1.84 bits per heavy atom. The second-order valence-electron chi connectivity index (χ2n) is 6.98. The van der Waals surface area contributed by atoms with Crippen LogP contribution in [0.1, 0.15) is 28.8 Å². The van der Waals surface area contributed by atoms with Gasteiger partial charge in [-0.3, -0.25) is 0 Å². The molecule has 6 heteroatoms. The van der Waals surface area contributed by atoms with E-state index in [9.17, 15) is 9.50 Å². The minimum Gasteiger partial charge on any atom is -0.381 e. The molecule has 3 aromatic rings. The normalized spacial score (nSPS) is 18.9.